The van der Waals surface area contributed by atoms with Crippen LogP contribution in [0.5, 0.6) is 5.75 Å². The van der Waals surface area contributed by atoms with Crippen molar-refractivity contribution in [3.05, 3.63) is 29.9 Å². The van der Waals surface area contributed by atoms with Crippen LogP contribution in [0.25, 0.3) is 5.69 Å². The summed E-state index contributed by atoms with van der Waals surface area (Å²) in [5.41, 5.74) is 11.8. The van der Waals surface area contributed by atoms with Crippen LogP contribution in [0.1, 0.15) is 6.92 Å². The second kappa shape index (κ2) is 4.74. The van der Waals surface area contributed by atoms with E-state index in [1.807, 2.05) is 6.92 Å². The van der Waals surface area contributed by atoms with Gasteiger partial charge in [-0.2, -0.15) is 9.97 Å². The molecule has 0 aliphatic heterocycles. The molecule has 94 valence electrons. The maximum atomic E-state index is 7.75. The van der Waals surface area contributed by atoms with Crippen LogP contribution in [0, 0.1) is 5.41 Å². The first-order valence-corrected chi connectivity index (χ1v) is 5.41. The number of hydrogen-bond acceptors (Lipinski definition) is 6. The maximum absolute atomic E-state index is 7.75. The largest absolute Gasteiger partial charge is 0.494 e. The summed E-state index contributed by atoms with van der Waals surface area (Å²) < 4.78 is 6.73. The molecule has 0 fully saturated rings. The van der Waals surface area contributed by atoms with E-state index in [-0.39, 0.29) is 17.5 Å². The van der Waals surface area contributed by atoms with Crippen LogP contribution in [0.4, 0.5) is 11.9 Å². The molecule has 5 N–H and O–H groups in total. The van der Waals surface area contributed by atoms with Crippen molar-refractivity contribution in [1.82, 2.24) is 14.5 Å². The highest BCUT2D eigenvalue weighted by molar-refractivity contribution is 5.42. The molecule has 0 aliphatic rings. The normalized spacial score (nSPS) is 10.3. The molecule has 1 aromatic carbocycles. The Morgan fingerprint density at radius 3 is 2.44 bits per heavy atom. The Bertz CT molecular complexity index is 604. The first-order chi connectivity index (χ1) is 8.61. The van der Waals surface area contributed by atoms with E-state index in [1.165, 1.54) is 4.57 Å². The lowest BCUT2D eigenvalue weighted by molar-refractivity contribution is 0.340. The van der Waals surface area contributed by atoms with Gasteiger partial charge in [0.25, 0.3) is 0 Å². The fourth-order valence-corrected chi connectivity index (χ4v) is 1.57. The van der Waals surface area contributed by atoms with Gasteiger partial charge in [-0.25, -0.2) is 4.57 Å². The lowest BCUT2D eigenvalue weighted by Crippen LogP contribution is -2.26. The highest BCUT2D eigenvalue weighted by atomic mass is 16.5. The molecule has 7 heteroatoms. The summed E-state index contributed by atoms with van der Waals surface area (Å²) in [6.45, 7) is 2.51. The van der Waals surface area contributed by atoms with Crippen molar-refractivity contribution in [1.29, 1.82) is 5.41 Å². The first kappa shape index (κ1) is 11.9. The number of nitrogen functional groups attached to an aromatic ring is 2. The number of aromatic nitrogens is 3. The Kier molecular flexibility index (Phi) is 3.13. The van der Waals surface area contributed by atoms with Crippen LogP contribution in [0.15, 0.2) is 24.3 Å². The van der Waals surface area contributed by atoms with E-state index in [0.29, 0.717) is 12.3 Å². The molecule has 18 heavy (non-hydrogen) atoms. The Labute approximate surface area is 104 Å². The van der Waals surface area contributed by atoms with Crippen LogP contribution in [0.2, 0.25) is 0 Å². The average molecular weight is 246 g/mol. The number of anilines is 2. The van der Waals surface area contributed by atoms with Gasteiger partial charge in [0, 0.05) is 0 Å². The summed E-state index contributed by atoms with van der Waals surface area (Å²) in [5.74, 6) is 0.861. The van der Waals surface area contributed by atoms with E-state index in [9.17, 15) is 0 Å². The zero-order chi connectivity index (χ0) is 13.1. The highest BCUT2D eigenvalue weighted by Crippen LogP contribution is 2.15. The third-order valence-electron chi connectivity index (χ3n) is 2.30. The zero-order valence-electron chi connectivity index (χ0n) is 9.92. The molecule has 7 nitrogen and oxygen atoms in total. The molecule has 0 spiro atoms. The minimum absolute atomic E-state index is 0.0142. The Hall–Kier alpha value is -2.57. The van der Waals surface area contributed by atoms with Gasteiger partial charge in [0.05, 0.1) is 12.3 Å². The molecule has 1 heterocycles. The molecule has 0 saturated heterocycles. The SMILES string of the molecule is CCOc1ccc(-n2c(N)nc(N)nc2=N)cc1. The summed E-state index contributed by atoms with van der Waals surface area (Å²) in [5, 5.41) is 7.75. The fraction of sp³-hybridized carbons (Fsp3) is 0.182. The Balaban J connectivity index is 2.46. The van der Waals surface area contributed by atoms with Crippen molar-refractivity contribution in [3.63, 3.8) is 0 Å². The number of nitrogens with two attached hydrogens (primary N) is 2. The summed E-state index contributed by atoms with van der Waals surface area (Å²) >= 11 is 0. The van der Waals surface area contributed by atoms with E-state index >= 15 is 0 Å². The van der Waals surface area contributed by atoms with Crippen LogP contribution in [-0.4, -0.2) is 21.1 Å². The third-order valence-corrected chi connectivity index (χ3v) is 2.30. The average Bonchev–Trinajstić information content (AvgIpc) is 2.30. The standard InChI is InChI=1S/C11H14N6O/c1-2-18-8-5-3-7(4-6-8)17-10(13)15-9(12)16-11(17)14/h3-6H,2H2,1H3,(H5,12,13,14,15,16). The molecular formula is C11H14N6O. The third kappa shape index (κ3) is 2.24. The van der Waals surface area contributed by atoms with Gasteiger partial charge in [-0.05, 0) is 31.2 Å². The van der Waals surface area contributed by atoms with Gasteiger partial charge in [0.15, 0.2) is 0 Å². The van der Waals surface area contributed by atoms with Crippen molar-refractivity contribution in [2.45, 2.75) is 6.92 Å². The number of benzene rings is 1. The van der Waals surface area contributed by atoms with E-state index in [1.54, 1.807) is 24.3 Å². The lowest BCUT2D eigenvalue weighted by Gasteiger charge is -2.10. The molecule has 0 radical (unpaired) electrons. The van der Waals surface area contributed by atoms with Gasteiger partial charge < -0.3 is 16.2 Å². The monoisotopic (exact) mass is 246 g/mol. The van der Waals surface area contributed by atoms with Crippen LogP contribution >= 0.6 is 0 Å². The molecule has 1 aromatic heterocycles. The van der Waals surface area contributed by atoms with Crippen LogP contribution < -0.4 is 21.8 Å². The molecule has 2 aromatic rings. The zero-order valence-corrected chi connectivity index (χ0v) is 9.92. The molecule has 0 amide bonds. The summed E-state index contributed by atoms with van der Waals surface area (Å²) in [7, 11) is 0. The predicted octanol–water partition coefficient (Wildman–Crippen LogP) is 0.310. The summed E-state index contributed by atoms with van der Waals surface area (Å²) in [4.78, 5) is 7.58. The van der Waals surface area contributed by atoms with E-state index in [4.69, 9.17) is 21.6 Å². The van der Waals surface area contributed by atoms with E-state index in [2.05, 4.69) is 9.97 Å². The van der Waals surface area contributed by atoms with Crippen molar-refractivity contribution in [2.24, 2.45) is 0 Å². The van der Waals surface area contributed by atoms with Crippen molar-refractivity contribution in [3.8, 4) is 11.4 Å². The minimum Gasteiger partial charge on any atom is -0.494 e. The maximum Gasteiger partial charge on any atom is 0.232 e. The fourth-order valence-electron chi connectivity index (χ4n) is 1.57. The van der Waals surface area contributed by atoms with E-state index < -0.39 is 0 Å². The molecule has 0 atom stereocenters. The van der Waals surface area contributed by atoms with Crippen LogP contribution in [0.3, 0.4) is 0 Å². The molecule has 0 bridgehead atoms. The molecule has 0 saturated carbocycles. The van der Waals surface area contributed by atoms with Gasteiger partial charge in [-0.15, -0.1) is 0 Å². The number of rotatable bonds is 3. The van der Waals surface area contributed by atoms with Crippen molar-refractivity contribution in [2.75, 3.05) is 18.1 Å². The number of ether oxygens (including phenoxy) is 1. The van der Waals surface area contributed by atoms with Gasteiger partial charge in [-0.3, -0.25) is 5.41 Å². The predicted molar refractivity (Wildman–Crippen MR) is 67.2 cm³/mol. The number of hydrogen-bond donors (Lipinski definition) is 3. The first-order valence-electron chi connectivity index (χ1n) is 5.41. The topological polar surface area (TPSA) is 116 Å². The van der Waals surface area contributed by atoms with Crippen LogP contribution in [-0.2, 0) is 0 Å². The molecule has 2 rings (SSSR count). The Morgan fingerprint density at radius 1 is 1.22 bits per heavy atom. The second-order valence-electron chi connectivity index (χ2n) is 3.53. The smallest absolute Gasteiger partial charge is 0.232 e. The van der Waals surface area contributed by atoms with Gasteiger partial charge >= 0.3 is 0 Å². The van der Waals surface area contributed by atoms with E-state index in [0.717, 1.165) is 5.75 Å². The van der Waals surface area contributed by atoms with Crippen molar-refractivity contribution < 1.29 is 4.74 Å². The van der Waals surface area contributed by atoms with Gasteiger partial charge in [0.2, 0.25) is 17.5 Å². The highest BCUT2D eigenvalue weighted by Gasteiger charge is 2.05. The molecular weight excluding hydrogens is 232 g/mol. The number of nitrogens with one attached hydrogen (secondary N) is 1. The Morgan fingerprint density at radius 2 is 1.89 bits per heavy atom. The summed E-state index contributed by atoms with van der Waals surface area (Å²) in [6.07, 6.45) is 0. The lowest BCUT2D eigenvalue weighted by atomic mass is 10.3. The molecule has 0 unspecified atom stereocenters. The minimum atomic E-state index is -0.0656. The summed E-state index contributed by atoms with van der Waals surface area (Å²) in [6, 6.07) is 7.14. The van der Waals surface area contributed by atoms with Crippen molar-refractivity contribution >= 4 is 11.9 Å². The van der Waals surface area contributed by atoms with Gasteiger partial charge in [-0.1, -0.05) is 0 Å². The van der Waals surface area contributed by atoms with Gasteiger partial charge in [0.1, 0.15) is 5.75 Å². The quantitative estimate of drug-likeness (QED) is 0.720. The number of nitrogens with zero attached hydrogens (tertiary/aromatic N) is 3. The molecule has 0 aliphatic carbocycles. The second-order valence-corrected chi connectivity index (χ2v) is 3.53.